The Morgan fingerprint density at radius 2 is 1.90 bits per heavy atom. The number of carboxylic acid groups (broad SMARTS) is 1. The number of rotatable bonds is 3. The van der Waals surface area contributed by atoms with Crippen LogP contribution in [0.25, 0.3) is 0 Å². The average Bonchev–Trinajstić information content (AvgIpc) is 2.46. The number of benzene rings is 1. The van der Waals surface area contributed by atoms with Crippen molar-refractivity contribution in [3.8, 4) is 0 Å². The maximum atomic E-state index is 12.4. The molecule has 0 aromatic heterocycles. The van der Waals surface area contributed by atoms with Crippen LogP contribution in [-0.2, 0) is 9.53 Å². The highest BCUT2D eigenvalue weighted by molar-refractivity contribution is 5.94. The van der Waals surface area contributed by atoms with Crippen molar-refractivity contribution in [1.82, 2.24) is 4.90 Å². The zero-order valence-electron chi connectivity index (χ0n) is 11.8. The highest BCUT2D eigenvalue weighted by Crippen LogP contribution is 2.36. The fraction of sp³-hybridized carbons (Fsp3) is 0.500. The van der Waals surface area contributed by atoms with Crippen molar-refractivity contribution in [3.05, 3.63) is 35.4 Å². The van der Waals surface area contributed by atoms with Crippen LogP contribution in [-0.4, -0.2) is 47.7 Å². The van der Waals surface area contributed by atoms with Crippen LogP contribution in [0, 0.1) is 0 Å². The molecule has 1 aliphatic carbocycles. The number of carboxylic acids is 1. The summed E-state index contributed by atoms with van der Waals surface area (Å²) in [5.74, 6) is -0.494. The van der Waals surface area contributed by atoms with Crippen molar-refractivity contribution < 1.29 is 19.4 Å². The Bertz CT molecular complexity index is 536. The molecule has 2 aliphatic rings. The molecule has 0 radical (unpaired) electrons. The highest BCUT2D eigenvalue weighted by atomic mass is 16.5. The molecule has 1 saturated carbocycles. The third-order valence-corrected chi connectivity index (χ3v) is 4.36. The summed E-state index contributed by atoms with van der Waals surface area (Å²) in [6.07, 6.45) is 2.83. The van der Waals surface area contributed by atoms with Gasteiger partial charge in [-0.1, -0.05) is 18.6 Å². The number of morpholine rings is 1. The van der Waals surface area contributed by atoms with Gasteiger partial charge in [-0.25, -0.2) is 4.79 Å². The average molecular weight is 289 g/mol. The predicted molar refractivity (Wildman–Crippen MR) is 76.3 cm³/mol. The van der Waals surface area contributed by atoms with Crippen molar-refractivity contribution in [1.29, 1.82) is 0 Å². The molecule has 1 aromatic carbocycles. The number of carbonyl (C=O) groups is 2. The van der Waals surface area contributed by atoms with Gasteiger partial charge in [0.15, 0.2) is 6.10 Å². The van der Waals surface area contributed by atoms with E-state index < -0.39 is 12.1 Å². The number of hydrogen-bond donors (Lipinski definition) is 1. The van der Waals surface area contributed by atoms with Crippen molar-refractivity contribution in [2.45, 2.75) is 31.3 Å². The van der Waals surface area contributed by atoms with Gasteiger partial charge in [-0.05, 0) is 36.5 Å². The van der Waals surface area contributed by atoms with Crippen LogP contribution >= 0.6 is 0 Å². The first-order valence-corrected chi connectivity index (χ1v) is 7.39. The van der Waals surface area contributed by atoms with E-state index in [4.69, 9.17) is 9.84 Å². The number of aliphatic carboxylic acids is 1. The van der Waals surface area contributed by atoms with Gasteiger partial charge in [0.1, 0.15) is 0 Å². The summed E-state index contributed by atoms with van der Waals surface area (Å²) >= 11 is 0. The number of ether oxygens (including phenoxy) is 1. The van der Waals surface area contributed by atoms with Crippen LogP contribution in [0.4, 0.5) is 0 Å². The van der Waals surface area contributed by atoms with E-state index in [0.717, 1.165) is 0 Å². The summed E-state index contributed by atoms with van der Waals surface area (Å²) < 4.78 is 5.13. The molecule has 1 amide bonds. The quantitative estimate of drug-likeness (QED) is 0.922. The first kappa shape index (κ1) is 14.1. The second kappa shape index (κ2) is 5.85. The molecule has 1 aliphatic heterocycles. The minimum atomic E-state index is -1.02. The van der Waals surface area contributed by atoms with Gasteiger partial charge >= 0.3 is 5.97 Å². The second-order valence-electron chi connectivity index (χ2n) is 5.70. The van der Waals surface area contributed by atoms with Crippen LogP contribution in [0.15, 0.2) is 24.3 Å². The first-order valence-electron chi connectivity index (χ1n) is 7.39. The third kappa shape index (κ3) is 2.93. The standard InChI is InChI=1S/C16H19NO4/c18-15(17-8-9-21-14(10-17)16(19)20)13-6-4-12(5-7-13)11-2-1-3-11/h4-7,11,14H,1-3,8-10H2,(H,19,20)/t14-/m1/s1. The Balaban J connectivity index is 1.67. The van der Waals surface area contributed by atoms with Gasteiger partial charge in [0.25, 0.3) is 5.91 Å². The van der Waals surface area contributed by atoms with Crippen LogP contribution < -0.4 is 0 Å². The molecule has 5 nitrogen and oxygen atoms in total. The molecule has 112 valence electrons. The van der Waals surface area contributed by atoms with Crippen molar-refractivity contribution in [3.63, 3.8) is 0 Å². The van der Waals surface area contributed by atoms with E-state index in [1.54, 1.807) is 4.90 Å². The number of hydrogen-bond acceptors (Lipinski definition) is 3. The maximum Gasteiger partial charge on any atom is 0.334 e. The van der Waals surface area contributed by atoms with Gasteiger partial charge in [-0.3, -0.25) is 4.79 Å². The van der Waals surface area contributed by atoms with Crippen LogP contribution in [0.2, 0.25) is 0 Å². The predicted octanol–water partition coefficient (Wildman–Crippen LogP) is 1.88. The van der Waals surface area contributed by atoms with E-state index >= 15 is 0 Å². The third-order valence-electron chi connectivity index (χ3n) is 4.36. The molecule has 1 heterocycles. The summed E-state index contributed by atoms with van der Waals surface area (Å²) in [6, 6.07) is 7.74. The molecule has 21 heavy (non-hydrogen) atoms. The molecule has 2 fully saturated rings. The summed E-state index contributed by atoms with van der Waals surface area (Å²) in [5.41, 5.74) is 1.91. The molecule has 5 heteroatoms. The van der Waals surface area contributed by atoms with E-state index in [1.165, 1.54) is 24.8 Å². The Labute approximate surface area is 123 Å². The SMILES string of the molecule is O=C(O)[C@H]1CN(C(=O)c2ccc(C3CCC3)cc2)CCO1. The zero-order chi connectivity index (χ0) is 14.8. The largest absolute Gasteiger partial charge is 0.479 e. The van der Waals surface area contributed by atoms with E-state index in [1.807, 2.05) is 24.3 Å². The Hall–Kier alpha value is -1.88. The smallest absolute Gasteiger partial charge is 0.334 e. The lowest BCUT2D eigenvalue weighted by molar-refractivity contribution is -0.154. The molecule has 1 atom stereocenters. The molecular weight excluding hydrogens is 270 g/mol. The lowest BCUT2D eigenvalue weighted by Crippen LogP contribution is -2.48. The lowest BCUT2D eigenvalue weighted by atomic mass is 9.80. The van der Waals surface area contributed by atoms with E-state index in [2.05, 4.69) is 0 Å². The number of amides is 1. The van der Waals surface area contributed by atoms with Crippen LogP contribution in [0.3, 0.4) is 0 Å². The monoisotopic (exact) mass is 289 g/mol. The fourth-order valence-corrected chi connectivity index (χ4v) is 2.81. The summed E-state index contributed by atoms with van der Waals surface area (Å²) in [4.78, 5) is 24.9. The minimum Gasteiger partial charge on any atom is -0.479 e. The summed E-state index contributed by atoms with van der Waals surface area (Å²) in [6.45, 7) is 0.814. The van der Waals surface area contributed by atoms with Crippen LogP contribution in [0.1, 0.15) is 41.1 Å². The Morgan fingerprint density at radius 1 is 1.19 bits per heavy atom. The molecular formula is C16H19NO4. The fourth-order valence-electron chi connectivity index (χ4n) is 2.81. The second-order valence-corrected chi connectivity index (χ2v) is 5.70. The van der Waals surface area contributed by atoms with Crippen LogP contribution in [0.5, 0.6) is 0 Å². The normalized spacial score (nSPS) is 22.7. The van der Waals surface area contributed by atoms with Gasteiger partial charge in [0.05, 0.1) is 13.2 Å². The lowest BCUT2D eigenvalue weighted by Gasteiger charge is -2.31. The molecule has 0 bridgehead atoms. The van der Waals surface area contributed by atoms with Gasteiger partial charge < -0.3 is 14.7 Å². The highest BCUT2D eigenvalue weighted by Gasteiger charge is 2.29. The van der Waals surface area contributed by atoms with Gasteiger partial charge in [-0.2, -0.15) is 0 Å². The van der Waals surface area contributed by atoms with Gasteiger partial charge in [0, 0.05) is 12.1 Å². The number of nitrogens with zero attached hydrogens (tertiary/aromatic N) is 1. The molecule has 1 saturated heterocycles. The molecule has 0 spiro atoms. The topological polar surface area (TPSA) is 66.8 Å². The van der Waals surface area contributed by atoms with Gasteiger partial charge in [-0.15, -0.1) is 0 Å². The zero-order valence-corrected chi connectivity index (χ0v) is 11.8. The molecule has 1 aromatic rings. The molecule has 0 unspecified atom stereocenters. The van der Waals surface area contributed by atoms with E-state index in [-0.39, 0.29) is 19.1 Å². The Morgan fingerprint density at radius 3 is 2.48 bits per heavy atom. The van der Waals surface area contributed by atoms with Crippen molar-refractivity contribution in [2.24, 2.45) is 0 Å². The summed E-state index contributed by atoms with van der Waals surface area (Å²) in [7, 11) is 0. The number of carbonyl (C=O) groups excluding carboxylic acids is 1. The van der Waals surface area contributed by atoms with Gasteiger partial charge in [0.2, 0.25) is 0 Å². The van der Waals surface area contributed by atoms with E-state index in [9.17, 15) is 9.59 Å². The first-order chi connectivity index (χ1) is 10.1. The molecule has 3 rings (SSSR count). The van der Waals surface area contributed by atoms with Crippen molar-refractivity contribution >= 4 is 11.9 Å². The van der Waals surface area contributed by atoms with Crippen molar-refractivity contribution in [2.75, 3.05) is 19.7 Å². The minimum absolute atomic E-state index is 0.110. The molecule has 1 N–H and O–H groups in total. The van der Waals surface area contributed by atoms with E-state index in [0.29, 0.717) is 18.0 Å². The Kier molecular flexibility index (Phi) is 3.92. The summed E-state index contributed by atoms with van der Waals surface area (Å²) in [5, 5.41) is 8.98. The maximum absolute atomic E-state index is 12.4.